The van der Waals surface area contributed by atoms with Gasteiger partial charge in [0.15, 0.2) is 0 Å². The van der Waals surface area contributed by atoms with Crippen LogP contribution in [-0.4, -0.2) is 41.7 Å². The van der Waals surface area contributed by atoms with Gasteiger partial charge in [0.05, 0.1) is 12.3 Å². The molecule has 0 saturated heterocycles. The quantitative estimate of drug-likeness (QED) is 0.723. The molecule has 1 heterocycles. The van der Waals surface area contributed by atoms with E-state index in [1.807, 2.05) is 19.3 Å². The monoisotopic (exact) mass is 237 g/mol. The molecule has 17 heavy (non-hydrogen) atoms. The third-order valence-electron chi connectivity index (χ3n) is 2.73. The van der Waals surface area contributed by atoms with Crippen LogP contribution < -0.4 is 5.32 Å². The zero-order chi connectivity index (χ0) is 12.5. The molecule has 4 heteroatoms. The third-order valence-corrected chi connectivity index (χ3v) is 2.73. The van der Waals surface area contributed by atoms with Crippen molar-refractivity contribution in [2.45, 2.75) is 26.3 Å². The minimum Gasteiger partial charge on any atom is -0.395 e. The van der Waals surface area contributed by atoms with Crippen LogP contribution in [0.5, 0.6) is 0 Å². The highest BCUT2D eigenvalue weighted by molar-refractivity contribution is 5.42. The van der Waals surface area contributed by atoms with Crippen LogP contribution in [0, 0.1) is 0 Å². The van der Waals surface area contributed by atoms with Crippen LogP contribution in [-0.2, 0) is 6.54 Å². The summed E-state index contributed by atoms with van der Waals surface area (Å²) in [6.07, 6.45) is 4.15. The molecule has 1 rings (SSSR count). The molecule has 0 aliphatic carbocycles. The van der Waals surface area contributed by atoms with E-state index < -0.39 is 0 Å². The molecule has 0 fully saturated rings. The van der Waals surface area contributed by atoms with Gasteiger partial charge < -0.3 is 10.4 Å². The molecule has 1 aromatic rings. The maximum Gasteiger partial charge on any atom is 0.0564 e. The van der Waals surface area contributed by atoms with E-state index >= 15 is 0 Å². The van der Waals surface area contributed by atoms with E-state index in [2.05, 4.69) is 28.2 Å². The van der Waals surface area contributed by atoms with Crippen molar-refractivity contribution in [3.8, 4) is 0 Å². The van der Waals surface area contributed by atoms with Gasteiger partial charge in [0.25, 0.3) is 0 Å². The van der Waals surface area contributed by atoms with E-state index in [0.717, 1.165) is 30.9 Å². The van der Waals surface area contributed by atoms with Crippen molar-refractivity contribution in [3.63, 3.8) is 0 Å². The molecule has 0 saturated carbocycles. The first-order valence-electron chi connectivity index (χ1n) is 6.26. The Morgan fingerprint density at radius 1 is 1.41 bits per heavy atom. The lowest BCUT2D eigenvalue weighted by Crippen LogP contribution is -2.28. The van der Waals surface area contributed by atoms with E-state index in [1.54, 1.807) is 0 Å². The normalized spacial score (nSPS) is 10.8. The number of unbranched alkanes of at least 4 members (excludes halogenated alkanes) is 1. The fourth-order valence-corrected chi connectivity index (χ4v) is 1.74. The van der Waals surface area contributed by atoms with E-state index in [-0.39, 0.29) is 6.61 Å². The topological polar surface area (TPSA) is 48.4 Å². The van der Waals surface area contributed by atoms with Gasteiger partial charge in [-0.25, -0.2) is 0 Å². The second-order valence-corrected chi connectivity index (χ2v) is 4.14. The first-order chi connectivity index (χ1) is 8.30. The van der Waals surface area contributed by atoms with Gasteiger partial charge in [-0.15, -0.1) is 0 Å². The van der Waals surface area contributed by atoms with Crippen LogP contribution in [0.15, 0.2) is 18.3 Å². The molecule has 0 radical (unpaired) electrons. The fourth-order valence-electron chi connectivity index (χ4n) is 1.74. The zero-order valence-electron chi connectivity index (χ0n) is 10.8. The number of nitrogens with one attached hydrogen (secondary N) is 1. The number of hydrogen-bond acceptors (Lipinski definition) is 4. The SMILES string of the molecule is CCCCN(CCO)Cc1cc(NC)ccn1. The first kappa shape index (κ1) is 13.9. The standard InChI is InChI=1S/C13H23N3O/c1-3-4-7-16(8-9-17)11-13-10-12(14-2)5-6-15-13/h5-6,10,17H,3-4,7-9,11H2,1-2H3,(H,14,15). The molecule has 0 unspecified atom stereocenters. The van der Waals surface area contributed by atoms with Crippen LogP contribution in [0.3, 0.4) is 0 Å². The van der Waals surface area contributed by atoms with Gasteiger partial charge in [-0.05, 0) is 25.1 Å². The molecule has 2 N–H and O–H groups in total. The Balaban J connectivity index is 2.57. The lowest BCUT2D eigenvalue weighted by molar-refractivity contribution is 0.187. The average Bonchev–Trinajstić information content (AvgIpc) is 2.36. The summed E-state index contributed by atoms with van der Waals surface area (Å²) < 4.78 is 0. The molecule has 0 spiro atoms. The summed E-state index contributed by atoms with van der Waals surface area (Å²) >= 11 is 0. The van der Waals surface area contributed by atoms with E-state index in [1.165, 1.54) is 6.42 Å². The zero-order valence-corrected chi connectivity index (χ0v) is 10.8. The van der Waals surface area contributed by atoms with Gasteiger partial charge in [0.1, 0.15) is 0 Å². The Labute approximate surface area is 104 Å². The van der Waals surface area contributed by atoms with Crippen molar-refractivity contribution in [1.29, 1.82) is 0 Å². The summed E-state index contributed by atoms with van der Waals surface area (Å²) in [4.78, 5) is 6.60. The second-order valence-electron chi connectivity index (χ2n) is 4.14. The smallest absolute Gasteiger partial charge is 0.0564 e. The molecule has 4 nitrogen and oxygen atoms in total. The summed E-state index contributed by atoms with van der Waals surface area (Å²) in [7, 11) is 1.90. The van der Waals surface area contributed by atoms with Crippen molar-refractivity contribution in [3.05, 3.63) is 24.0 Å². The predicted octanol–water partition coefficient (Wildman–Crippen LogP) is 1.72. The van der Waals surface area contributed by atoms with Crippen molar-refractivity contribution in [2.24, 2.45) is 0 Å². The van der Waals surface area contributed by atoms with Gasteiger partial charge in [0, 0.05) is 32.0 Å². The molecular formula is C13H23N3O. The average molecular weight is 237 g/mol. The summed E-state index contributed by atoms with van der Waals surface area (Å²) in [5, 5.41) is 12.1. The molecule has 0 aromatic carbocycles. The number of aromatic nitrogens is 1. The number of anilines is 1. The van der Waals surface area contributed by atoms with Gasteiger partial charge in [-0.3, -0.25) is 9.88 Å². The molecule has 0 atom stereocenters. The van der Waals surface area contributed by atoms with Crippen LogP contribution in [0.25, 0.3) is 0 Å². The number of nitrogens with zero attached hydrogens (tertiary/aromatic N) is 2. The van der Waals surface area contributed by atoms with Crippen LogP contribution in [0.2, 0.25) is 0 Å². The predicted molar refractivity (Wildman–Crippen MR) is 71.1 cm³/mol. The highest BCUT2D eigenvalue weighted by atomic mass is 16.3. The Kier molecular flexibility index (Phi) is 6.58. The highest BCUT2D eigenvalue weighted by Gasteiger charge is 2.06. The van der Waals surface area contributed by atoms with E-state index in [0.29, 0.717) is 6.54 Å². The van der Waals surface area contributed by atoms with Crippen LogP contribution in [0.4, 0.5) is 5.69 Å². The van der Waals surface area contributed by atoms with Crippen LogP contribution >= 0.6 is 0 Å². The Morgan fingerprint density at radius 3 is 2.88 bits per heavy atom. The minimum absolute atomic E-state index is 0.204. The first-order valence-corrected chi connectivity index (χ1v) is 6.26. The second kappa shape index (κ2) is 8.03. The van der Waals surface area contributed by atoms with Crippen LogP contribution in [0.1, 0.15) is 25.5 Å². The molecule has 0 aliphatic rings. The van der Waals surface area contributed by atoms with Crippen molar-refractivity contribution in [2.75, 3.05) is 32.1 Å². The maximum atomic E-state index is 9.04. The lowest BCUT2D eigenvalue weighted by Gasteiger charge is -2.20. The van der Waals surface area contributed by atoms with E-state index in [9.17, 15) is 0 Å². The Hall–Kier alpha value is -1.13. The number of aliphatic hydroxyl groups excluding tert-OH is 1. The fraction of sp³-hybridized carbons (Fsp3) is 0.615. The van der Waals surface area contributed by atoms with Gasteiger partial charge in [0.2, 0.25) is 0 Å². The highest BCUT2D eigenvalue weighted by Crippen LogP contribution is 2.09. The Morgan fingerprint density at radius 2 is 2.24 bits per heavy atom. The summed E-state index contributed by atoms with van der Waals surface area (Å²) in [5.74, 6) is 0. The molecule has 0 amide bonds. The van der Waals surface area contributed by atoms with Gasteiger partial charge >= 0.3 is 0 Å². The molecule has 0 aliphatic heterocycles. The van der Waals surface area contributed by atoms with Gasteiger partial charge in [-0.2, -0.15) is 0 Å². The van der Waals surface area contributed by atoms with E-state index in [4.69, 9.17) is 5.11 Å². The summed E-state index contributed by atoms with van der Waals surface area (Å²) in [6.45, 7) is 4.91. The summed E-state index contributed by atoms with van der Waals surface area (Å²) in [6, 6.07) is 4.00. The number of aliphatic hydroxyl groups is 1. The molecule has 96 valence electrons. The minimum atomic E-state index is 0.204. The number of pyridine rings is 1. The molecular weight excluding hydrogens is 214 g/mol. The number of rotatable bonds is 8. The molecule has 0 bridgehead atoms. The van der Waals surface area contributed by atoms with Crippen molar-refractivity contribution in [1.82, 2.24) is 9.88 Å². The maximum absolute atomic E-state index is 9.04. The van der Waals surface area contributed by atoms with Crippen molar-refractivity contribution < 1.29 is 5.11 Å². The van der Waals surface area contributed by atoms with Gasteiger partial charge in [-0.1, -0.05) is 13.3 Å². The molecule has 1 aromatic heterocycles. The largest absolute Gasteiger partial charge is 0.395 e. The number of hydrogen-bond donors (Lipinski definition) is 2. The third kappa shape index (κ3) is 5.15. The summed E-state index contributed by atoms with van der Waals surface area (Å²) in [5.41, 5.74) is 2.12. The van der Waals surface area contributed by atoms with Crippen molar-refractivity contribution >= 4 is 5.69 Å². The lowest BCUT2D eigenvalue weighted by atomic mass is 10.2. The Bertz CT molecular complexity index is 317.